The van der Waals surface area contributed by atoms with Gasteiger partial charge in [0.25, 0.3) is 0 Å². The molecule has 1 aliphatic carbocycles. The van der Waals surface area contributed by atoms with Gasteiger partial charge < -0.3 is 5.11 Å². The van der Waals surface area contributed by atoms with E-state index in [1.807, 2.05) is 0 Å². The quantitative estimate of drug-likeness (QED) is 0.708. The summed E-state index contributed by atoms with van der Waals surface area (Å²) in [5.74, 6) is -1.40. The number of aromatic nitrogens is 2. The summed E-state index contributed by atoms with van der Waals surface area (Å²) in [6.07, 6.45) is 3.21. The number of aromatic carboxylic acids is 1. The van der Waals surface area contributed by atoms with Crippen LogP contribution >= 0.6 is 0 Å². The second-order valence-electron chi connectivity index (χ2n) is 3.14. The SMILES string of the molecule is O=C(O)c1ncc2c(n1)CCCC2=O. The number of carboxylic acid groups (broad SMARTS) is 1. The highest BCUT2D eigenvalue weighted by atomic mass is 16.4. The van der Waals surface area contributed by atoms with Crippen molar-refractivity contribution in [1.82, 2.24) is 9.97 Å². The fourth-order valence-corrected chi connectivity index (χ4v) is 1.49. The predicted molar refractivity (Wildman–Crippen MR) is 46.3 cm³/mol. The van der Waals surface area contributed by atoms with Crippen molar-refractivity contribution in [2.45, 2.75) is 19.3 Å². The Balaban J connectivity index is 2.49. The Morgan fingerprint density at radius 2 is 2.21 bits per heavy atom. The van der Waals surface area contributed by atoms with Gasteiger partial charge in [-0.05, 0) is 12.8 Å². The van der Waals surface area contributed by atoms with E-state index in [0.717, 1.165) is 6.42 Å². The number of ketones is 1. The van der Waals surface area contributed by atoms with Gasteiger partial charge in [-0.2, -0.15) is 0 Å². The number of rotatable bonds is 1. The first kappa shape index (κ1) is 8.80. The second-order valence-corrected chi connectivity index (χ2v) is 3.14. The number of nitrogens with zero attached hydrogens (tertiary/aromatic N) is 2. The van der Waals surface area contributed by atoms with Crippen LogP contribution in [0.2, 0.25) is 0 Å². The van der Waals surface area contributed by atoms with E-state index >= 15 is 0 Å². The van der Waals surface area contributed by atoms with Gasteiger partial charge >= 0.3 is 5.97 Å². The summed E-state index contributed by atoms with van der Waals surface area (Å²) in [6, 6.07) is 0. The highest BCUT2D eigenvalue weighted by Crippen LogP contribution is 2.18. The Kier molecular flexibility index (Phi) is 1.99. The van der Waals surface area contributed by atoms with Crippen molar-refractivity contribution in [3.8, 4) is 0 Å². The van der Waals surface area contributed by atoms with Gasteiger partial charge in [0.2, 0.25) is 5.82 Å². The van der Waals surface area contributed by atoms with Gasteiger partial charge in [-0.25, -0.2) is 14.8 Å². The molecule has 5 heteroatoms. The van der Waals surface area contributed by atoms with Crippen LogP contribution in [0.4, 0.5) is 0 Å². The number of hydrogen-bond acceptors (Lipinski definition) is 4. The van der Waals surface area contributed by atoms with Gasteiger partial charge in [-0.1, -0.05) is 0 Å². The largest absolute Gasteiger partial charge is 0.475 e. The number of carbonyl (C=O) groups is 2. The lowest BCUT2D eigenvalue weighted by atomic mass is 9.96. The normalized spacial score (nSPS) is 15.0. The van der Waals surface area contributed by atoms with Crippen LogP contribution in [0.3, 0.4) is 0 Å². The number of carboxylic acids is 1. The van der Waals surface area contributed by atoms with Crippen LogP contribution in [0.5, 0.6) is 0 Å². The minimum Gasteiger partial charge on any atom is -0.475 e. The molecule has 0 aromatic carbocycles. The standard InChI is InChI=1S/C9H8N2O3/c12-7-3-1-2-6-5(7)4-10-8(11-6)9(13)14/h4H,1-3H2,(H,13,14). The maximum absolute atomic E-state index is 11.3. The van der Waals surface area contributed by atoms with Crippen molar-refractivity contribution >= 4 is 11.8 Å². The molecule has 1 heterocycles. The molecular formula is C9H8N2O3. The number of hydrogen-bond donors (Lipinski definition) is 1. The zero-order valence-electron chi connectivity index (χ0n) is 7.36. The van der Waals surface area contributed by atoms with Gasteiger partial charge in [-0.15, -0.1) is 0 Å². The smallest absolute Gasteiger partial charge is 0.373 e. The minimum atomic E-state index is -1.16. The number of carbonyl (C=O) groups excluding carboxylic acids is 1. The van der Waals surface area contributed by atoms with Gasteiger partial charge in [0, 0.05) is 12.6 Å². The number of Topliss-reactive ketones (excluding diaryl/α,β-unsaturated/α-hetero) is 1. The first-order valence-electron chi connectivity index (χ1n) is 4.31. The van der Waals surface area contributed by atoms with E-state index in [1.165, 1.54) is 6.20 Å². The molecule has 2 rings (SSSR count). The molecule has 0 radical (unpaired) electrons. The van der Waals surface area contributed by atoms with E-state index in [2.05, 4.69) is 9.97 Å². The molecule has 14 heavy (non-hydrogen) atoms. The van der Waals surface area contributed by atoms with Gasteiger partial charge in [0.1, 0.15) is 0 Å². The van der Waals surface area contributed by atoms with Crippen molar-refractivity contribution in [3.05, 3.63) is 23.3 Å². The van der Waals surface area contributed by atoms with Crippen LogP contribution in [0.1, 0.15) is 39.5 Å². The molecule has 0 atom stereocenters. The summed E-state index contributed by atoms with van der Waals surface area (Å²) < 4.78 is 0. The molecule has 1 N–H and O–H groups in total. The molecule has 0 aliphatic heterocycles. The number of aryl methyl sites for hydroxylation is 1. The zero-order chi connectivity index (χ0) is 10.1. The van der Waals surface area contributed by atoms with E-state index in [4.69, 9.17) is 5.11 Å². The molecule has 0 bridgehead atoms. The average molecular weight is 192 g/mol. The molecule has 0 fully saturated rings. The van der Waals surface area contributed by atoms with E-state index < -0.39 is 5.97 Å². The minimum absolute atomic E-state index is 0.00295. The lowest BCUT2D eigenvalue weighted by Crippen LogP contribution is -2.16. The topological polar surface area (TPSA) is 80.2 Å². The molecule has 0 amide bonds. The number of fused-ring (bicyclic) bond motifs is 1. The fraction of sp³-hybridized carbons (Fsp3) is 0.333. The summed E-state index contributed by atoms with van der Waals surface area (Å²) in [5.41, 5.74) is 1.04. The highest BCUT2D eigenvalue weighted by molar-refractivity contribution is 5.98. The van der Waals surface area contributed by atoms with Crippen molar-refractivity contribution in [1.29, 1.82) is 0 Å². The van der Waals surface area contributed by atoms with Crippen molar-refractivity contribution < 1.29 is 14.7 Å². The third kappa shape index (κ3) is 1.37. The third-order valence-corrected chi connectivity index (χ3v) is 2.18. The van der Waals surface area contributed by atoms with Crippen LogP contribution in [0, 0.1) is 0 Å². The molecule has 1 aromatic heterocycles. The monoisotopic (exact) mass is 192 g/mol. The van der Waals surface area contributed by atoms with Crippen LogP contribution < -0.4 is 0 Å². The Morgan fingerprint density at radius 3 is 2.93 bits per heavy atom. The summed E-state index contributed by atoms with van der Waals surface area (Å²) in [4.78, 5) is 29.3. The van der Waals surface area contributed by atoms with E-state index in [9.17, 15) is 9.59 Å². The summed E-state index contributed by atoms with van der Waals surface area (Å²) in [7, 11) is 0. The molecule has 5 nitrogen and oxygen atoms in total. The maximum atomic E-state index is 11.3. The van der Waals surface area contributed by atoms with Crippen molar-refractivity contribution in [2.24, 2.45) is 0 Å². The Morgan fingerprint density at radius 1 is 1.43 bits per heavy atom. The first-order valence-corrected chi connectivity index (χ1v) is 4.31. The third-order valence-electron chi connectivity index (χ3n) is 2.18. The summed E-state index contributed by atoms with van der Waals surface area (Å²) in [6.45, 7) is 0. The van der Waals surface area contributed by atoms with Gasteiger partial charge in [0.15, 0.2) is 5.78 Å². The molecule has 1 aromatic rings. The Bertz CT molecular complexity index is 415. The molecule has 0 unspecified atom stereocenters. The van der Waals surface area contributed by atoms with E-state index in [1.54, 1.807) is 0 Å². The van der Waals surface area contributed by atoms with Crippen LogP contribution in [0.15, 0.2) is 6.20 Å². The highest BCUT2D eigenvalue weighted by Gasteiger charge is 2.20. The Labute approximate surface area is 79.8 Å². The maximum Gasteiger partial charge on any atom is 0.373 e. The first-order chi connectivity index (χ1) is 6.68. The lowest BCUT2D eigenvalue weighted by molar-refractivity contribution is 0.0682. The van der Waals surface area contributed by atoms with E-state index in [0.29, 0.717) is 24.1 Å². The van der Waals surface area contributed by atoms with Gasteiger partial charge in [-0.3, -0.25) is 4.79 Å². The van der Waals surface area contributed by atoms with Gasteiger partial charge in [0.05, 0.1) is 11.3 Å². The van der Waals surface area contributed by atoms with E-state index in [-0.39, 0.29) is 11.6 Å². The molecule has 0 spiro atoms. The second kappa shape index (κ2) is 3.17. The zero-order valence-corrected chi connectivity index (χ0v) is 7.36. The van der Waals surface area contributed by atoms with Crippen LogP contribution in [-0.2, 0) is 6.42 Å². The predicted octanol–water partition coefficient (Wildman–Crippen LogP) is 0.694. The van der Waals surface area contributed by atoms with Crippen LogP contribution in [-0.4, -0.2) is 26.8 Å². The molecule has 0 saturated heterocycles. The van der Waals surface area contributed by atoms with Crippen molar-refractivity contribution in [2.75, 3.05) is 0 Å². The molecular weight excluding hydrogens is 184 g/mol. The average Bonchev–Trinajstić information content (AvgIpc) is 2.17. The fourth-order valence-electron chi connectivity index (χ4n) is 1.49. The summed E-state index contributed by atoms with van der Waals surface area (Å²) >= 11 is 0. The molecule has 1 aliphatic rings. The van der Waals surface area contributed by atoms with Crippen molar-refractivity contribution in [3.63, 3.8) is 0 Å². The molecule has 0 saturated carbocycles. The van der Waals surface area contributed by atoms with Crippen LogP contribution in [0.25, 0.3) is 0 Å². The Hall–Kier alpha value is -1.78. The molecule has 72 valence electrons. The summed E-state index contributed by atoms with van der Waals surface area (Å²) in [5, 5.41) is 8.64. The lowest BCUT2D eigenvalue weighted by Gasteiger charge is -2.12.